The van der Waals surface area contributed by atoms with E-state index in [-0.39, 0.29) is 0 Å². The molecule has 2 fully saturated rings. The fourth-order valence-corrected chi connectivity index (χ4v) is 4.44. The Labute approximate surface area is 124 Å². The van der Waals surface area contributed by atoms with Crippen molar-refractivity contribution in [1.82, 2.24) is 0 Å². The molecular formula is C18H31FO. The van der Waals surface area contributed by atoms with Crippen LogP contribution in [0.5, 0.6) is 0 Å². The molecule has 0 heterocycles. The zero-order valence-electron chi connectivity index (χ0n) is 13.2. The maximum absolute atomic E-state index is 12.0. The molecule has 0 atom stereocenters. The van der Waals surface area contributed by atoms with Crippen molar-refractivity contribution in [1.29, 1.82) is 0 Å². The van der Waals surface area contributed by atoms with E-state index in [1.807, 2.05) is 7.11 Å². The molecular weight excluding hydrogens is 251 g/mol. The van der Waals surface area contributed by atoms with Crippen LogP contribution in [-0.2, 0) is 4.74 Å². The summed E-state index contributed by atoms with van der Waals surface area (Å²) in [6.45, 7) is 2.51. The van der Waals surface area contributed by atoms with E-state index in [1.54, 1.807) is 6.08 Å². The summed E-state index contributed by atoms with van der Waals surface area (Å²) >= 11 is 0. The van der Waals surface area contributed by atoms with E-state index in [2.05, 4.69) is 6.92 Å². The second kappa shape index (κ2) is 7.59. The zero-order chi connectivity index (χ0) is 14.4. The Kier molecular flexibility index (Phi) is 6.07. The Morgan fingerprint density at radius 2 is 1.75 bits per heavy atom. The van der Waals surface area contributed by atoms with Crippen molar-refractivity contribution in [3.05, 3.63) is 12.4 Å². The quantitative estimate of drug-likeness (QED) is 0.633. The summed E-state index contributed by atoms with van der Waals surface area (Å²) in [5, 5.41) is 0. The van der Waals surface area contributed by atoms with Gasteiger partial charge in [-0.05, 0) is 68.6 Å². The fourth-order valence-electron chi connectivity index (χ4n) is 4.44. The van der Waals surface area contributed by atoms with Gasteiger partial charge in [0.25, 0.3) is 0 Å². The van der Waals surface area contributed by atoms with Gasteiger partial charge in [0.05, 0.1) is 12.4 Å². The molecule has 2 heteroatoms. The SMILES string of the molecule is COC1CCC(C)(C2CCC(CCC=CF)CC2)CC1. The van der Waals surface area contributed by atoms with E-state index >= 15 is 0 Å². The normalized spacial score (nSPS) is 39.2. The van der Waals surface area contributed by atoms with Crippen LogP contribution in [0.4, 0.5) is 4.39 Å². The van der Waals surface area contributed by atoms with Gasteiger partial charge in [-0.2, -0.15) is 0 Å². The molecule has 0 aromatic rings. The molecule has 2 saturated carbocycles. The van der Waals surface area contributed by atoms with Crippen LogP contribution in [-0.4, -0.2) is 13.2 Å². The third kappa shape index (κ3) is 4.07. The molecule has 0 bridgehead atoms. The Hall–Kier alpha value is -0.370. The van der Waals surface area contributed by atoms with Gasteiger partial charge in [-0.25, -0.2) is 4.39 Å². The van der Waals surface area contributed by atoms with E-state index in [4.69, 9.17) is 4.74 Å². The van der Waals surface area contributed by atoms with E-state index in [0.29, 0.717) is 17.8 Å². The standard InChI is InChI=1S/C18H31FO/c1-18(12-10-17(20-2)11-13-18)16-8-6-15(7-9-16)5-3-4-14-19/h4,14-17H,3,5-13H2,1-2H3. The number of hydrogen-bond donors (Lipinski definition) is 0. The van der Waals surface area contributed by atoms with Crippen molar-refractivity contribution >= 4 is 0 Å². The molecule has 0 aromatic carbocycles. The Morgan fingerprint density at radius 3 is 2.30 bits per heavy atom. The summed E-state index contributed by atoms with van der Waals surface area (Å²) < 4.78 is 17.5. The molecule has 1 nitrogen and oxygen atoms in total. The van der Waals surface area contributed by atoms with Crippen LogP contribution in [0.25, 0.3) is 0 Å². The van der Waals surface area contributed by atoms with Gasteiger partial charge in [-0.1, -0.05) is 25.8 Å². The lowest BCUT2D eigenvalue weighted by atomic mass is 9.61. The van der Waals surface area contributed by atoms with Gasteiger partial charge in [0, 0.05) is 7.11 Å². The first kappa shape index (κ1) is 16.0. The molecule has 0 N–H and O–H groups in total. The highest BCUT2D eigenvalue weighted by Crippen LogP contribution is 2.49. The molecule has 20 heavy (non-hydrogen) atoms. The number of methoxy groups -OCH3 is 1. The Morgan fingerprint density at radius 1 is 1.10 bits per heavy atom. The first-order valence-electron chi connectivity index (χ1n) is 8.46. The van der Waals surface area contributed by atoms with E-state index in [0.717, 1.165) is 18.3 Å². The molecule has 0 saturated heterocycles. The Balaban J connectivity index is 1.75. The van der Waals surface area contributed by atoms with Crippen LogP contribution in [0, 0.1) is 17.3 Å². The minimum atomic E-state index is 0.506. The predicted molar refractivity (Wildman–Crippen MR) is 82.3 cm³/mol. The molecule has 116 valence electrons. The van der Waals surface area contributed by atoms with Crippen LogP contribution in [0.2, 0.25) is 0 Å². The second-order valence-electron chi connectivity index (χ2n) is 7.25. The van der Waals surface area contributed by atoms with Crippen molar-refractivity contribution in [2.24, 2.45) is 17.3 Å². The monoisotopic (exact) mass is 282 g/mol. The van der Waals surface area contributed by atoms with Gasteiger partial charge in [0.15, 0.2) is 0 Å². The van der Waals surface area contributed by atoms with Gasteiger partial charge >= 0.3 is 0 Å². The summed E-state index contributed by atoms with van der Waals surface area (Å²) in [7, 11) is 1.85. The fraction of sp³-hybridized carbons (Fsp3) is 0.889. The summed E-state index contributed by atoms with van der Waals surface area (Å²) in [6, 6.07) is 0. The number of ether oxygens (including phenoxy) is 1. The summed E-state index contributed by atoms with van der Waals surface area (Å²) in [6.07, 6.45) is 15.6. The highest BCUT2D eigenvalue weighted by atomic mass is 19.1. The molecule has 2 rings (SSSR count). The first-order valence-corrected chi connectivity index (χ1v) is 8.46. The van der Waals surface area contributed by atoms with E-state index < -0.39 is 0 Å². The maximum Gasteiger partial charge on any atom is 0.0827 e. The number of allylic oxidation sites excluding steroid dienone is 1. The topological polar surface area (TPSA) is 9.23 Å². The van der Waals surface area contributed by atoms with Crippen LogP contribution in [0.1, 0.15) is 71.1 Å². The lowest BCUT2D eigenvalue weighted by Crippen LogP contribution is -2.36. The first-order chi connectivity index (χ1) is 9.68. The molecule has 0 spiro atoms. The molecule has 2 aliphatic rings. The number of rotatable bonds is 5. The van der Waals surface area contributed by atoms with E-state index in [9.17, 15) is 4.39 Å². The van der Waals surface area contributed by atoms with Gasteiger partial charge in [-0.15, -0.1) is 0 Å². The molecule has 2 aliphatic carbocycles. The van der Waals surface area contributed by atoms with Crippen molar-refractivity contribution in [3.8, 4) is 0 Å². The van der Waals surface area contributed by atoms with Gasteiger partial charge < -0.3 is 4.74 Å². The second-order valence-corrected chi connectivity index (χ2v) is 7.25. The number of hydrogen-bond acceptors (Lipinski definition) is 1. The average Bonchev–Trinajstić information content (AvgIpc) is 2.49. The van der Waals surface area contributed by atoms with Crippen molar-refractivity contribution in [2.75, 3.05) is 7.11 Å². The molecule has 0 unspecified atom stereocenters. The minimum Gasteiger partial charge on any atom is -0.381 e. The maximum atomic E-state index is 12.0. The lowest BCUT2D eigenvalue weighted by molar-refractivity contribution is -0.00338. The molecule has 0 radical (unpaired) electrons. The largest absolute Gasteiger partial charge is 0.381 e. The van der Waals surface area contributed by atoms with Crippen molar-refractivity contribution in [3.63, 3.8) is 0 Å². The van der Waals surface area contributed by atoms with Crippen LogP contribution < -0.4 is 0 Å². The highest BCUT2D eigenvalue weighted by molar-refractivity contribution is 4.90. The predicted octanol–water partition coefficient (Wildman–Crippen LogP) is 5.65. The summed E-state index contributed by atoms with van der Waals surface area (Å²) in [5.74, 6) is 1.75. The number of halogens is 1. The summed E-state index contributed by atoms with van der Waals surface area (Å²) in [5.41, 5.74) is 0.554. The molecule has 0 aliphatic heterocycles. The average molecular weight is 282 g/mol. The zero-order valence-corrected chi connectivity index (χ0v) is 13.2. The highest BCUT2D eigenvalue weighted by Gasteiger charge is 2.39. The van der Waals surface area contributed by atoms with Gasteiger partial charge in [-0.3, -0.25) is 0 Å². The van der Waals surface area contributed by atoms with Crippen LogP contribution in [0.15, 0.2) is 12.4 Å². The lowest BCUT2D eigenvalue weighted by Gasteiger charge is -2.45. The Bertz CT molecular complexity index is 297. The third-order valence-electron chi connectivity index (χ3n) is 6.07. The van der Waals surface area contributed by atoms with Crippen LogP contribution in [0.3, 0.4) is 0 Å². The smallest absolute Gasteiger partial charge is 0.0827 e. The molecule has 0 amide bonds. The third-order valence-corrected chi connectivity index (χ3v) is 6.07. The molecule has 0 aromatic heterocycles. The van der Waals surface area contributed by atoms with Crippen LogP contribution >= 0.6 is 0 Å². The summed E-state index contributed by atoms with van der Waals surface area (Å²) in [4.78, 5) is 0. The van der Waals surface area contributed by atoms with Crippen molar-refractivity contribution in [2.45, 2.75) is 77.2 Å². The minimum absolute atomic E-state index is 0.506. The van der Waals surface area contributed by atoms with Crippen molar-refractivity contribution < 1.29 is 9.13 Å². The van der Waals surface area contributed by atoms with Gasteiger partial charge in [0.1, 0.15) is 0 Å². The van der Waals surface area contributed by atoms with Gasteiger partial charge in [0.2, 0.25) is 0 Å². The van der Waals surface area contributed by atoms with E-state index in [1.165, 1.54) is 57.8 Å².